The number of allylic oxidation sites excluding steroid dienone is 2. The summed E-state index contributed by atoms with van der Waals surface area (Å²) < 4.78 is 0. The first-order chi connectivity index (χ1) is 7.00. The minimum atomic E-state index is 0.201. The van der Waals surface area contributed by atoms with Crippen molar-refractivity contribution in [3.8, 4) is 0 Å². The van der Waals surface area contributed by atoms with Gasteiger partial charge in [0.15, 0.2) is 0 Å². The van der Waals surface area contributed by atoms with Gasteiger partial charge in [-0.25, -0.2) is 0 Å². The molecule has 84 valence electrons. The Balaban J connectivity index is 2.89. The first-order valence-electron chi connectivity index (χ1n) is 5.45. The molecule has 0 saturated heterocycles. The molecule has 0 amide bonds. The van der Waals surface area contributed by atoms with E-state index in [9.17, 15) is 0 Å². The Bertz CT molecular complexity index is 301. The van der Waals surface area contributed by atoms with E-state index in [1.165, 1.54) is 5.71 Å². The summed E-state index contributed by atoms with van der Waals surface area (Å²) in [5.41, 5.74) is 2.28. The van der Waals surface area contributed by atoms with Gasteiger partial charge in [0.1, 0.15) is 0 Å². The number of aliphatic imine (C=N–C) groups is 2. The van der Waals surface area contributed by atoms with Crippen LogP contribution in [0.1, 0.15) is 34.1 Å². The van der Waals surface area contributed by atoms with E-state index >= 15 is 0 Å². The van der Waals surface area contributed by atoms with Gasteiger partial charge < -0.3 is 0 Å². The minimum Gasteiger partial charge on any atom is -0.289 e. The highest BCUT2D eigenvalue weighted by molar-refractivity contribution is 9.10. The van der Waals surface area contributed by atoms with E-state index in [1.54, 1.807) is 0 Å². The lowest BCUT2D eigenvalue weighted by Gasteiger charge is -2.18. The van der Waals surface area contributed by atoms with E-state index in [1.807, 2.05) is 0 Å². The summed E-state index contributed by atoms with van der Waals surface area (Å²) in [5, 5.41) is 0. The Kier molecular flexibility index (Phi) is 4.71. The second-order valence-corrected chi connectivity index (χ2v) is 5.25. The highest BCUT2D eigenvalue weighted by atomic mass is 79.9. The van der Waals surface area contributed by atoms with Crippen molar-refractivity contribution in [2.24, 2.45) is 9.98 Å². The predicted octanol–water partition coefficient (Wildman–Crippen LogP) is 3.41. The molecule has 0 N–H and O–H groups in total. The van der Waals surface area contributed by atoms with Crippen LogP contribution in [0.3, 0.4) is 0 Å². The number of halogens is 1. The van der Waals surface area contributed by atoms with Crippen LogP contribution in [0.25, 0.3) is 0 Å². The lowest BCUT2D eigenvalue weighted by molar-refractivity contribution is 0.824. The summed E-state index contributed by atoms with van der Waals surface area (Å²) in [6.07, 6.45) is 5.17. The van der Waals surface area contributed by atoms with Gasteiger partial charge >= 0.3 is 0 Å². The van der Waals surface area contributed by atoms with Crippen molar-refractivity contribution in [2.75, 3.05) is 0 Å². The Labute approximate surface area is 101 Å². The van der Waals surface area contributed by atoms with Crippen LogP contribution in [0.15, 0.2) is 22.1 Å². The maximum absolute atomic E-state index is 4.61. The standard InChI is InChI=1S/C12H19BrN2/c1-8(2)14-10-6-5-7-11(12(10)13)15-9(3)4/h5-6,8-9,12H,7H2,1-4H3. The molecule has 0 spiro atoms. The van der Waals surface area contributed by atoms with Crippen LogP contribution in [0, 0.1) is 0 Å². The maximum Gasteiger partial charge on any atom is 0.0943 e. The fraction of sp³-hybridized carbons (Fsp3) is 0.667. The van der Waals surface area contributed by atoms with Crippen LogP contribution in [-0.2, 0) is 0 Å². The van der Waals surface area contributed by atoms with Gasteiger partial charge in [-0.15, -0.1) is 0 Å². The molecule has 0 heterocycles. The molecule has 1 atom stereocenters. The van der Waals surface area contributed by atoms with E-state index in [2.05, 4.69) is 65.8 Å². The van der Waals surface area contributed by atoms with Crippen LogP contribution >= 0.6 is 15.9 Å². The van der Waals surface area contributed by atoms with Gasteiger partial charge in [-0.05, 0) is 33.8 Å². The van der Waals surface area contributed by atoms with Gasteiger partial charge in [0.2, 0.25) is 0 Å². The lowest BCUT2D eigenvalue weighted by Crippen LogP contribution is -2.27. The fourth-order valence-corrected chi connectivity index (χ4v) is 2.09. The molecule has 0 bridgehead atoms. The van der Waals surface area contributed by atoms with Crippen LogP contribution in [0.5, 0.6) is 0 Å². The van der Waals surface area contributed by atoms with Crippen molar-refractivity contribution in [1.29, 1.82) is 0 Å². The Hall–Kier alpha value is -0.440. The Morgan fingerprint density at radius 1 is 1.20 bits per heavy atom. The van der Waals surface area contributed by atoms with Crippen molar-refractivity contribution >= 4 is 27.4 Å². The Morgan fingerprint density at radius 3 is 2.33 bits per heavy atom. The summed E-state index contributed by atoms with van der Waals surface area (Å²) in [6, 6.07) is 0.690. The SMILES string of the molecule is CC(C)N=C1C=CCC(=NC(C)C)C1Br. The molecule has 2 nitrogen and oxygen atoms in total. The summed E-state index contributed by atoms with van der Waals surface area (Å²) in [6.45, 7) is 8.39. The van der Waals surface area contributed by atoms with Gasteiger partial charge in [0, 0.05) is 24.2 Å². The number of nitrogens with zero attached hydrogens (tertiary/aromatic N) is 2. The zero-order chi connectivity index (χ0) is 11.4. The molecule has 0 aromatic carbocycles. The fourth-order valence-electron chi connectivity index (χ4n) is 1.52. The van der Waals surface area contributed by atoms with Crippen LogP contribution < -0.4 is 0 Å². The second kappa shape index (κ2) is 5.59. The molecule has 0 fully saturated rings. The zero-order valence-corrected chi connectivity index (χ0v) is 11.5. The monoisotopic (exact) mass is 270 g/mol. The molecule has 0 radical (unpaired) electrons. The predicted molar refractivity (Wildman–Crippen MR) is 71.6 cm³/mol. The highest BCUT2D eigenvalue weighted by Gasteiger charge is 2.20. The third-order valence-corrected chi connectivity index (χ3v) is 3.00. The average molecular weight is 271 g/mol. The van der Waals surface area contributed by atoms with Gasteiger partial charge in [-0.1, -0.05) is 22.0 Å². The van der Waals surface area contributed by atoms with Gasteiger partial charge in [0.25, 0.3) is 0 Å². The first-order valence-corrected chi connectivity index (χ1v) is 6.37. The summed E-state index contributed by atoms with van der Waals surface area (Å²) in [7, 11) is 0. The largest absolute Gasteiger partial charge is 0.289 e. The third-order valence-electron chi connectivity index (χ3n) is 2.00. The molecule has 0 aromatic heterocycles. The summed E-state index contributed by atoms with van der Waals surface area (Å²) in [5.74, 6) is 0. The minimum absolute atomic E-state index is 0.201. The maximum atomic E-state index is 4.61. The lowest BCUT2D eigenvalue weighted by atomic mass is 10.0. The van der Waals surface area contributed by atoms with E-state index < -0.39 is 0 Å². The van der Waals surface area contributed by atoms with Crippen molar-refractivity contribution < 1.29 is 0 Å². The van der Waals surface area contributed by atoms with Crippen LogP contribution in [0.2, 0.25) is 0 Å². The molecule has 1 rings (SSSR count). The van der Waals surface area contributed by atoms with Gasteiger partial charge in [-0.2, -0.15) is 0 Å². The third kappa shape index (κ3) is 3.90. The first kappa shape index (κ1) is 12.6. The number of alkyl halides is 1. The van der Waals surface area contributed by atoms with E-state index in [4.69, 9.17) is 0 Å². The normalized spacial score (nSPS) is 27.3. The number of hydrogen-bond acceptors (Lipinski definition) is 2. The van der Waals surface area contributed by atoms with E-state index in [0.717, 1.165) is 12.1 Å². The molecule has 3 heteroatoms. The second-order valence-electron chi connectivity index (χ2n) is 4.33. The van der Waals surface area contributed by atoms with Crippen LogP contribution in [0.4, 0.5) is 0 Å². The molecule has 0 saturated carbocycles. The molecule has 15 heavy (non-hydrogen) atoms. The summed E-state index contributed by atoms with van der Waals surface area (Å²) in [4.78, 5) is 9.39. The van der Waals surface area contributed by atoms with Crippen LogP contribution in [-0.4, -0.2) is 28.3 Å². The molecule has 1 aliphatic rings. The molecular formula is C12H19BrN2. The molecule has 1 aliphatic carbocycles. The molecular weight excluding hydrogens is 252 g/mol. The van der Waals surface area contributed by atoms with Crippen molar-refractivity contribution in [1.82, 2.24) is 0 Å². The van der Waals surface area contributed by atoms with E-state index in [0.29, 0.717) is 12.1 Å². The van der Waals surface area contributed by atoms with Gasteiger partial charge in [0.05, 0.1) is 10.5 Å². The van der Waals surface area contributed by atoms with Crippen molar-refractivity contribution in [2.45, 2.75) is 51.0 Å². The average Bonchev–Trinajstić information content (AvgIpc) is 2.10. The Morgan fingerprint density at radius 2 is 1.80 bits per heavy atom. The van der Waals surface area contributed by atoms with Crippen molar-refractivity contribution in [3.05, 3.63) is 12.2 Å². The smallest absolute Gasteiger partial charge is 0.0943 e. The molecule has 0 aliphatic heterocycles. The number of rotatable bonds is 2. The number of hydrogen-bond donors (Lipinski definition) is 0. The molecule has 0 aromatic rings. The molecule has 1 unspecified atom stereocenters. The highest BCUT2D eigenvalue weighted by Crippen LogP contribution is 2.17. The quantitative estimate of drug-likeness (QED) is 0.688. The topological polar surface area (TPSA) is 24.7 Å². The van der Waals surface area contributed by atoms with Crippen molar-refractivity contribution in [3.63, 3.8) is 0 Å². The van der Waals surface area contributed by atoms with E-state index in [-0.39, 0.29) is 4.83 Å². The summed E-state index contributed by atoms with van der Waals surface area (Å²) >= 11 is 3.67. The zero-order valence-electron chi connectivity index (χ0n) is 9.87. The van der Waals surface area contributed by atoms with Gasteiger partial charge in [-0.3, -0.25) is 9.98 Å².